The lowest BCUT2D eigenvalue weighted by molar-refractivity contribution is -0.384. The molecule has 0 saturated carbocycles. The minimum Gasteiger partial charge on any atom is -0.278 e. The van der Waals surface area contributed by atoms with Gasteiger partial charge in [-0.25, -0.2) is 0 Å². The average Bonchev–Trinajstić information content (AvgIpc) is 2.46. The lowest BCUT2D eigenvalue weighted by atomic mass is 10.2. The maximum absolute atomic E-state index is 10.5. The molecule has 96 valence electrons. The van der Waals surface area contributed by atoms with Crippen molar-refractivity contribution in [2.45, 2.75) is 6.92 Å². The second-order valence-corrected chi connectivity index (χ2v) is 3.83. The van der Waals surface area contributed by atoms with Gasteiger partial charge in [0.15, 0.2) is 0 Å². The Labute approximate surface area is 110 Å². The Kier molecular flexibility index (Phi) is 3.82. The summed E-state index contributed by atoms with van der Waals surface area (Å²) in [5, 5.41) is 14.7. The number of benzene rings is 1. The van der Waals surface area contributed by atoms with E-state index in [-0.39, 0.29) is 5.69 Å². The van der Waals surface area contributed by atoms with Crippen molar-refractivity contribution in [3.63, 3.8) is 0 Å². The van der Waals surface area contributed by atoms with Crippen LogP contribution in [0.4, 0.5) is 11.4 Å². The molecule has 1 N–H and O–H groups in total. The second kappa shape index (κ2) is 5.72. The fourth-order valence-corrected chi connectivity index (χ4v) is 1.44. The first-order valence-corrected chi connectivity index (χ1v) is 5.63. The lowest BCUT2D eigenvalue weighted by Crippen LogP contribution is -2.01. The zero-order valence-corrected chi connectivity index (χ0v) is 10.3. The fraction of sp³-hybridized carbons (Fsp3) is 0.0769. The molecule has 0 amide bonds. The number of nitro benzene ring substituents is 1. The van der Waals surface area contributed by atoms with Gasteiger partial charge in [0.2, 0.25) is 0 Å². The summed E-state index contributed by atoms with van der Waals surface area (Å²) in [6.45, 7) is 1.83. The number of hydrazone groups is 1. The summed E-state index contributed by atoms with van der Waals surface area (Å²) in [7, 11) is 0. The molecule has 0 saturated heterocycles. The maximum Gasteiger partial charge on any atom is 0.269 e. The summed E-state index contributed by atoms with van der Waals surface area (Å²) >= 11 is 0. The van der Waals surface area contributed by atoms with E-state index in [1.54, 1.807) is 18.3 Å². The van der Waals surface area contributed by atoms with Crippen molar-refractivity contribution in [1.29, 1.82) is 0 Å². The third-order valence-electron chi connectivity index (χ3n) is 2.47. The standard InChI is InChI=1S/C13H12N4O2/c1-10(13-4-2-3-9-14-13)15-16-11-5-7-12(8-6-11)17(18)19/h2-9,16H,1H3/b15-10+. The van der Waals surface area contributed by atoms with Crippen LogP contribution in [0.25, 0.3) is 0 Å². The van der Waals surface area contributed by atoms with Crippen molar-refractivity contribution in [1.82, 2.24) is 4.98 Å². The number of nitro groups is 1. The molecule has 1 aromatic heterocycles. The molecule has 0 aliphatic rings. The molecule has 2 aromatic rings. The van der Waals surface area contributed by atoms with Crippen LogP contribution in [0.3, 0.4) is 0 Å². The monoisotopic (exact) mass is 256 g/mol. The summed E-state index contributed by atoms with van der Waals surface area (Å²) in [5.41, 5.74) is 5.08. The highest BCUT2D eigenvalue weighted by molar-refractivity contribution is 5.97. The van der Waals surface area contributed by atoms with Crippen molar-refractivity contribution < 1.29 is 4.92 Å². The zero-order valence-electron chi connectivity index (χ0n) is 10.3. The minimum atomic E-state index is -0.438. The van der Waals surface area contributed by atoms with Gasteiger partial charge in [-0.05, 0) is 31.2 Å². The molecule has 0 unspecified atom stereocenters. The Morgan fingerprint density at radius 2 is 2.00 bits per heavy atom. The van der Waals surface area contributed by atoms with E-state index >= 15 is 0 Å². The summed E-state index contributed by atoms with van der Waals surface area (Å²) in [4.78, 5) is 14.2. The van der Waals surface area contributed by atoms with Crippen LogP contribution in [0.15, 0.2) is 53.8 Å². The first kappa shape index (κ1) is 12.7. The fourth-order valence-electron chi connectivity index (χ4n) is 1.44. The minimum absolute atomic E-state index is 0.0518. The smallest absolute Gasteiger partial charge is 0.269 e. The van der Waals surface area contributed by atoms with Gasteiger partial charge in [0, 0.05) is 18.3 Å². The molecule has 19 heavy (non-hydrogen) atoms. The van der Waals surface area contributed by atoms with Gasteiger partial charge >= 0.3 is 0 Å². The first-order valence-electron chi connectivity index (χ1n) is 5.63. The van der Waals surface area contributed by atoms with E-state index in [0.717, 1.165) is 11.4 Å². The van der Waals surface area contributed by atoms with E-state index in [1.807, 2.05) is 25.1 Å². The number of nitrogens with one attached hydrogen (secondary N) is 1. The SMILES string of the molecule is C/C(=N\Nc1ccc([N+](=O)[O-])cc1)c1ccccn1. The van der Waals surface area contributed by atoms with Gasteiger partial charge in [0.05, 0.1) is 22.0 Å². The molecule has 6 heteroatoms. The predicted octanol–water partition coefficient (Wildman–Crippen LogP) is 2.83. The average molecular weight is 256 g/mol. The Balaban J connectivity index is 2.08. The van der Waals surface area contributed by atoms with Gasteiger partial charge in [0.25, 0.3) is 5.69 Å². The molecular formula is C13H12N4O2. The van der Waals surface area contributed by atoms with Crippen LogP contribution < -0.4 is 5.43 Å². The quantitative estimate of drug-likeness (QED) is 0.518. The highest BCUT2D eigenvalue weighted by Gasteiger charge is 2.03. The molecule has 6 nitrogen and oxygen atoms in total. The molecule has 1 aromatic carbocycles. The molecule has 0 aliphatic carbocycles. The van der Waals surface area contributed by atoms with Crippen LogP contribution in [-0.2, 0) is 0 Å². The topological polar surface area (TPSA) is 80.4 Å². The van der Waals surface area contributed by atoms with Crippen LogP contribution in [-0.4, -0.2) is 15.6 Å². The number of non-ortho nitro benzene ring substituents is 1. The number of rotatable bonds is 4. The van der Waals surface area contributed by atoms with Gasteiger partial charge in [-0.1, -0.05) is 6.07 Å². The Hall–Kier alpha value is -2.76. The zero-order chi connectivity index (χ0) is 13.7. The van der Waals surface area contributed by atoms with E-state index in [1.165, 1.54) is 12.1 Å². The van der Waals surface area contributed by atoms with E-state index in [0.29, 0.717) is 5.69 Å². The number of hydrogen-bond acceptors (Lipinski definition) is 5. The predicted molar refractivity (Wildman–Crippen MR) is 73.2 cm³/mol. The molecular weight excluding hydrogens is 244 g/mol. The summed E-state index contributed by atoms with van der Waals surface area (Å²) in [6, 6.07) is 11.6. The Bertz CT molecular complexity index is 594. The summed E-state index contributed by atoms with van der Waals surface area (Å²) < 4.78 is 0. The van der Waals surface area contributed by atoms with Crippen molar-refractivity contribution in [2.24, 2.45) is 5.10 Å². The molecule has 0 atom stereocenters. The third-order valence-corrected chi connectivity index (χ3v) is 2.47. The number of aromatic nitrogens is 1. The molecule has 0 bridgehead atoms. The van der Waals surface area contributed by atoms with E-state index in [2.05, 4.69) is 15.5 Å². The van der Waals surface area contributed by atoms with Crippen LogP contribution >= 0.6 is 0 Å². The number of pyridine rings is 1. The van der Waals surface area contributed by atoms with Crippen LogP contribution in [0, 0.1) is 10.1 Å². The molecule has 2 rings (SSSR count). The van der Waals surface area contributed by atoms with Crippen molar-refractivity contribution in [3.8, 4) is 0 Å². The molecule has 0 fully saturated rings. The number of nitrogens with zero attached hydrogens (tertiary/aromatic N) is 3. The van der Waals surface area contributed by atoms with Crippen LogP contribution in [0.1, 0.15) is 12.6 Å². The van der Waals surface area contributed by atoms with E-state index < -0.39 is 4.92 Å². The van der Waals surface area contributed by atoms with Crippen molar-refractivity contribution in [2.75, 3.05) is 5.43 Å². The number of hydrogen-bond donors (Lipinski definition) is 1. The Morgan fingerprint density at radius 1 is 1.26 bits per heavy atom. The van der Waals surface area contributed by atoms with Gasteiger partial charge in [-0.3, -0.25) is 20.5 Å². The highest BCUT2D eigenvalue weighted by atomic mass is 16.6. The normalized spacial score (nSPS) is 11.1. The molecule has 0 aliphatic heterocycles. The molecule has 0 radical (unpaired) electrons. The third kappa shape index (κ3) is 3.35. The van der Waals surface area contributed by atoms with Crippen LogP contribution in [0.5, 0.6) is 0 Å². The highest BCUT2D eigenvalue weighted by Crippen LogP contribution is 2.15. The van der Waals surface area contributed by atoms with Gasteiger partial charge < -0.3 is 0 Å². The maximum atomic E-state index is 10.5. The lowest BCUT2D eigenvalue weighted by Gasteiger charge is -2.02. The van der Waals surface area contributed by atoms with Gasteiger partial charge in [-0.15, -0.1) is 0 Å². The summed E-state index contributed by atoms with van der Waals surface area (Å²) in [6.07, 6.45) is 1.69. The van der Waals surface area contributed by atoms with E-state index in [4.69, 9.17) is 0 Å². The first-order chi connectivity index (χ1) is 9.16. The summed E-state index contributed by atoms with van der Waals surface area (Å²) in [5.74, 6) is 0. The van der Waals surface area contributed by atoms with Crippen molar-refractivity contribution >= 4 is 17.1 Å². The van der Waals surface area contributed by atoms with Crippen molar-refractivity contribution in [3.05, 3.63) is 64.5 Å². The van der Waals surface area contributed by atoms with E-state index in [9.17, 15) is 10.1 Å². The molecule has 1 heterocycles. The van der Waals surface area contributed by atoms with Gasteiger partial charge in [0.1, 0.15) is 0 Å². The second-order valence-electron chi connectivity index (χ2n) is 3.83. The van der Waals surface area contributed by atoms with Gasteiger partial charge in [-0.2, -0.15) is 5.10 Å². The number of anilines is 1. The van der Waals surface area contributed by atoms with Crippen LogP contribution in [0.2, 0.25) is 0 Å². The largest absolute Gasteiger partial charge is 0.278 e. The molecule has 0 spiro atoms. The Morgan fingerprint density at radius 3 is 2.58 bits per heavy atom.